The number of thiazole rings is 1. The number of anilines is 1. The van der Waals surface area contributed by atoms with Gasteiger partial charge in [0.05, 0.1) is 7.11 Å². The summed E-state index contributed by atoms with van der Waals surface area (Å²) in [4.78, 5) is 9.06. The Morgan fingerprint density at radius 2 is 1.97 bits per heavy atom. The highest BCUT2D eigenvalue weighted by Crippen LogP contribution is 2.33. The number of rotatable bonds is 8. The molecule has 1 fully saturated rings. The monoisotopic (exact) mass is 449 g/mol. The molecule has 32 heavy (non-hydrogen) atoms. The van der Waals surface area contributed by atoms with Crippen molar-refractivity contribution in [2.45, 2.75) is 12.6 Å². The molecule has 166 valence electrons. The fraction of sp³-hybridized carbons (Fsp3) is 0.320. The number of hydrogen-bond donors (Lipinski definition) is 1. The highest BCUT2D eigenvalue weighted by atomic mass is 32.1. The van der Waals surface area contributed by atoms with Crippen LogP contribution in [0.25, 0.3) is 0 Å². The lowest BCUT2D eigenvalue weighted by molar-refractivity contribution is 0.218. The molecule has 3 aromatic rings. The molecule has 0 aliphatic carbocycles. The van der Waals surface area contributed by atoms with E-state index in [0.717, 1.165) is 49.0 Å². The van der Waals surface area contributed by atoms with Crippen LogP contribution < -0.4 is 14.4 Å². The van der Waals surface area contributed by atoms with Crippen LogP contribution in [0.4, 0.5) is 5.69 Å². The van der Waals surface area contributed by atoms with Gasteiger partial charge in [-0.25, -0.2) is 4.98 Å². The molecule has 2 heterocycles. The first kappa shape index (κ1) is 22.2. The van der Waals surface area contributed by atoms with Gasteiger partial charge in [0, 0.05) is 55.6 Å². The third kappa shape index (κ3) is 5.05. The predicted octanol–water partition coefficient (Wildman–Crippen LogP) is 3.57. The van der Waals surface area contributed by atoms with E-state index in [1.54, 1.807) is 13.3 Å². The van der Waals surface area contributed by atoms with Gasteiger partial charge in [0.15, 0.2) is 11.5 Å². The van der Waals surface area contributed by atoms with Crippen molar-refractivity contribution in [2.24, 2.45) is 0 Å². The predicted molar refractivity (Wildman–Crippen MR) is 127 cm³/mol. The van der Waals surface area contributed by atoms with Gasteiger partial charge in [0.25, 0.3) is 0 Å². The molecule has 0 saturated carbocycles. The lowest BCUT2D eigenvalue weighted by atomic mass is 10.1. The van der Waals surface area contributed by atoms with Crippen molar-refractivity contribution in [1.82, 2.24) is 9.88 Å². The van der Waals surface area contributed by atoms with Crippen LogP contribution in [0.5, 0.6) is 11.5 Å². The Morgan fingerprint density at radius 3 is 2.69 bits per heavy atom. The van der Waals surface area contributed by atoms with E-state index < -0.39 is 6.10 Å². The van der Waals surface area contributed by atoms with E-state index in [-0.39, 0.29) is 6.61 Å². The summed E-state index contributed by atoms with van der Waals surface area (Å²) in [5.74, 6) is 3.83. The highest BCUT2D eigenvalue weighted by Gasteiger charge is 2.23. The molecule has 1 atom stereocenters. The number of methoxy groups -OCH3 is 1. The summed E-state index contributed by atoms with van der Waals surface area (Å²) in [5, 5.41) is 13.5. The maximum Gasteiger partial charge on any atom is 0.162 e. The molecule has 2 aromatic carbocycles. The van der Waals surface area contributed by atoms with Crippen molar-refractivity contribution in [3.05, 3.63) is 70.2 Å². The second-order valence-corrected chi connectivity index (χ2v) is 8.50. The summed E-state index contributed by atoms with van der Waals surface area (Å²) >= 11 is 1.47. The minimum Gasteiger partial charge on any atom is -0.493 e. The number of ether oxygens (including phenoxy) is 2. The van der Waals surface area contributed by atoms with Crippen LogP contribution in [0, 0.1) is 12.3 Å². The smallest absolute Gasteiger partial charge is 0.162 e. The molecule has 0 bridgehead atoms. The molecule has 0 unspecified atom stereocenters. The van der Waals surface area contributed by atoms with Gasteiger partial charge in [-0.2, -0.15) is 0 Å². The van der Waals surface area contributed by atoms with Gasteiger partial charge >= 0.3 is 0 Å². The van der Waals surface area contributed by atoms with E-state index in [2.05, 4.69) is 32.8 Å². The van der Waals surface area contributed by atoms with Crippen molar-refractivity contribution in [1.29, 1.82) is 0 Å². The van der Waals surface area contributed by atoms with Crippen molar-refractivity contribution in [3.8, 4) is 23.8 Å². The quantitative estimate of drug-likeness (QED) is 0.531. The van der Waals surface area contributed by atoms with Crippen molar-refractivity contribution >= 4 is 17.0 Å². The molecule has 0 amide bonds. The number of nitrogens with zero attached hydrogens (tertiary/aromatic N) is 3. The zero-order valence-corrected chi connectivity index (χ0v) is 18.9. The molecular formula is C25H27N3O3S. The highest BCUT2D eigenvalue weighted by molar-refractivity contribution is 7.09. The Hall–Kier alpha value is -3.05. The molecule has 1 aromatic heterocycles. The third-order valence-electron chi connectivity index (χ3n) is 5.57. The number of para-hydroxylation sites is 1. The van der Waals surface area contributed by atoms with E-state index in [0.29, 0.717) is 11.5 Å². The summed E-state index contributed by atoms with van der Waals surface area (Å²) in [6.45, 7) is 4.70. The van der Waals surface area contributed by atoms with Crippen LogP contribution in [-0.2, 0) is 6.54 Å². The van der Waals surface area contributed by atoms with Crippen LogP contribution in [-0.4, -0.2) is 54.9 Å². The second kappa shape index (κ2) is 10.5. The largest absolute Gasteiger partial charge is 0.493 e. The van der Waals surface area contributed by atoms with Crippen molar-refractivity contribution < 1.29 is 14.6 Å². The molecule has 0 radical (unpaired) electrons. The SMILES string of the molecule is C#CCOc1ccc(CN2CCN(c3ccccc3[C@H](O)c3nccs3)CC2)cc1OC. The molecular weight excluding hydrogens is 422 g/mol. The molecule has 0 spiro atoms. The number of benzene rings is 2. The molecule has 4 rings (SSSR count). The third-order valence-corrected chi connectivity index (χ3v) is 6.40. The maximum atomic E-state index is 10.8. The maximum absolute atomic E-state index is 10.8. The second-order valence-electron chi connectivity index (χ2n) is 7.57. The van der Waals surface area contributed by atoms with Gasteiger partial charge in [0.2, 0.25) is 0 Å². The zero-order valence-electron chi connectivity index (χ0n) is 18.1. The Labute approximate surface area is 193 Å². The van der Waals surface area contributed by atoms with E-state index >= 15 is 0 Å². The Bertz CT molecular complexity index is 1060. The van der Waals surface area contributed by atoms with E-state index in [1.165, 1.54) is 16.9 Å². The number of aromatic nitrogens is 1. The molecule has 1 aliphatic heterocycles. The number of hydrogen-bond acceptors (Lipinski definition) is 7. The van der Waals surface area contributed by atoms with Gasteiger partial charge < -0.3 is 19.5 Å². The van der Waals surface area contributed by atoms with Crippen molar-refractivity contribution in [2.75, 3.05) is 44.8 Å². The Kier molecular flexibility index (Phi) is 7.28. The number of terminal acetylenes is 1. The summed E-state index contributed by atoms with van der Waals surface area (Å²) in [6, 6.07) is 14.0. The molecule has 1 saturated heterocycles. The van der Waals surface area contributed by atoms with E-state index in [4.69, 9.17) is 15.9 Å². The Balaban J connectivity index is 1.40. The fourth-order valence-corrected chi connectivity index (χ4v) is 4.60. The van der Waals surface area contributed by atoms with E-state index in [1.807, 2.05) is 35.7 Å². The van der Waals surface area contributed by atoms with Gasteiger partial charge in [-0.1, -0.05) is 30.2 Å². The minimum atomic E-state index is -0.702. The number of aliphatic hydroxyl groups is 1. The average Bonchev–Trinajstić information content (AvgIpc) is 3.38. The zero-order chi connectivity index (χ0) is 22.3. The number of aliphatic hydroxyl groups excluding tert-OH is 1. The van der Waals surface area contributed by atoms with Gasteiger partial charge in [-0.05, 0) is 23.8 Å². The first-order chi connectivity index (χ1) is 15.7. The van der Waals surface area contributed by atoms with Crippen LogP contribution in [0.1, 0.15) is 22.2 Å². The van der Waals surface area contributed by atoms with Crippen LogP contribution in [0.15, 0.2) is 54.0 Å². The summed E-state index contributed by atoms with van der Waals surface area (Å²) < 4.78 is 11.0. The topological polar surface area (TPSA) is 58.1 Å². The minimum absolute atomic E-state index is 0.219. The lowest BCUT2D eigenvalue weighted by Crippen LogP contribution is -2.46. The van der Waals surface area contributed by atoms with Crippen LogP contribution in [0.3, 0.4) is 0 Å². The summed E-state index contributed by atoms with van der Waals surface area (Å²) in [6.07, 6.45) is 6.31. The average molecular weight is 450 g/mol. The normalized spacial score (nSPS) is 15.2. The van der Waals surface area contributed by atoms with Crippen LogP contribution in [0.2, 0.25) is 0 Å². The first-order valence-electron chi connectivity index (χ1n) is 10.6. The number of piperazine rings is 1. The molecule has 1 aliphatic rings. The molecule has 6 nitrogen and oxygen atoms in total. The van der Waals surface area contributed by atoms with Crippen LogP contribution >= 0.6 is 11.3 Å². The molecule has 1 N–H and O–H groups in total. The summed E-state index contributed by atoms with van der Waals surface area (Å²) in [5.41, 5.74) is 3.15. The summed E-state index contributed by atoms with van der Waals surface area (Å²) in [7, 11) is 1.64. The van der Waals surface area contributed by atoms with Gasteiger partial charge in [-0.15, -0.1) is 17.8 Å². The van der Waals surface area contributed by atoms with Crippen molar-refractivity contribution in [3.63, 3.8) is 0 Å². The fourth-order valence-electron chi connectivity index (χ4n) is 3.96. The van der Waals surface area contributed by atoms with E-state index in [9.17, 15) is 5.11 Å². The Morgan fingerprint density at radius 1 is 1.16 bits per heavy atom. The first-order valence-corrected chi connectivity index (χ1v) is 11.4. The van der Waals surface area contributed by atoms with Gasteiger partial charge in [-0.3, -0.25) is 4.90 Å². The lowest BCUT2D eigenvalue weighted by Gasteiger charge is -2.37. The van der Waals surface area contributed by atoms with Gasteiger partial charge in [0.1, 0.15) is 17.7 Å². The molecule has 7 heteroatoms. The standard InChI is InChI=1S/C25H27N3O3S/c1-3-15-31-22-9-8-19(17-23(22)30-2)18-27-11-13-28(14-12-27)21-7-5-4-6-20(21)24(29)25-26-10-16-32-25/h1,4-10,16-17,24,29H,11-15,18H2,2H3/t24-/m0/s1.